The maximum absolute atomic E-state index is 8.91. The number of imidazole rings is 1. The van der Waals surface area contributed by atoms with Crippen molar-refractivity contribution >= 4 is 17.1 Å². The van der Waals surface area contributed by atoms with Crippen LogP contribution in [0.5, 0.6) is 0 Å². The van der Waals surface area contributed by atoms with Crippen LogP contribution >= 0.6 is 0 Å². The van der Waals surface area contributed by atoms with Crippen LogP contribution < -0.4 is 10.7 Å². The molecule has 3 rings (SSSR count). The molecule has 0 aliphatic rings. The number of nitrogens with two attached hydrogens (primary N) is 1. The molecule has 0 amide bonds. The topological polar surface area (TPSA) is 70.9 Å². The second-order valence-electron chi connectivity index (χ2n) is 4.50. The van der Waals surface area contributed by atoms with Crippen LogP contribution in [-0.2, 0) is 0 Å². The van der Waals surface area contributed by atoms with E-state index in [1.807, 2.05) is 52.3 Å². The lowest BCUT2D eigenvalue weighted by Gasteiger charge is -2.25. The number of nitriles is 1. The Balaban J connectivity index is 2.08. The van der Waals surface area contributed by atoms with Crippen molar-refractivity contribution in [2.75, 3.05) is 10.7 Å². The summed E-state index contributed by atoms with van der Waals surface area (Å²) in [7, 11) is 0. The Kier molecular flexibility index (Phi) is 3.27. The zero-order chi connectivity index (χ0) is 14.7. The summed E-state index contributed by atoms with van der Waals surface area (Å²) in [5, 5.41) is 10.9. The highest BCUT2D eigenvalue weighted by Gasteiger charge is 2.11. The quantitative estimate of drug-likeness (QED) is 0.746. The summed E-state index contributed by atoms with van der Waals surface area (Å²) in [5.74, 6) is 0. The number of nitrogens with zero attached hydrogens (tertiary/aromatic N) is 4. The fourth-order valence-electron chi connectivity index (χ4n) is 2.08. The first-order valence-electron chi connectivity index (χ1n) is 6.42. The van der Waals surface area contributed by atoms with Gasteiger partial charge in [0.1, 0.15) is 6.33 Å². The summed E-state index contributed by atoms with van der Waals surface area (Å²) < 4.78 is 1.87. The molecular formula is C16H13N5. The number of aromatic nitrogens is 2. The molecular weight excluding hydrogens is 262 g/mol. The fourth-order valence-corrected chi connectivity index (χ4v) is 2.08. The van der Waals surface area contributed by atoms with Gasteiger partial charge in [-0.1, -0.05) is 0 Å². The Hall–Kier alpha value is -3.26. The molecule has 21 heavy (non-hydrogen) atoms. The molecule has 0 atom stereocenters. The van der Waals surface area contributed by atoms with Crippen molar-refractivity contribution in [3.05, 3.63) is 72.8 Å². The molecule has 102 valence electrons. The third kappa shape index (κ3) is 2.55. The highest BCUT2D eigenvalue weighted by molar-refractivity contribution is 5.65. The molecule has 0 aliphatic carbocycles. The van der Waals surface area contributed by atoms with Crippen LogP contribution in [0.4, 0.5) is 17.1 Å². The number of anilines is 3. The minimum atomic E-state index is 0.627. The van der Waals surface area contributed by atoms with E-state index in [2.05, 4.69) is 11.1 Å². The van der Waals surface area contributed by atoms with Crippen LogP contribution in [0.2, 0.25) is 0 Å². The second kappa shape index (κ2) is 5.39. The molecule has 2 aromatic carbocycles. The van der Waals surface area contributed by atoms with Crippen LogP contribution in [0.3, 0.4) is 0 Å². The molecule has 0 fully saturated rings. The molecule has 0 unspecified atom stereocenters. The highest BCUT2D eigenvalue weighted by Crippen LogP contribution is 2.27. The van der Waals surface area contributed by atoms with Gasteiger partial charge in [0.2, 0.25) is 0 Å². The largest absolute Gasteiger partial charge is 0.399 e. The van der Waals surface area contributed by atoms with E-state index in [0.717, 1.165) is 11.4 Å². The lowest BCUT2D eigenvalue weighted by molar-refractivity contribution is 0.814. The van der Waals surface area contributed by atoms with Gasteiger partial charge in [0.05, 0.1) is 23.0 Å². The molecule has 1 heterocycles. The number of benzene rings is 2. The van der Waals surface area contributed by atoms with E-state index in [1.54, 1.807) is 24.7 Å². The van der Waals surface area contributed by atoms with Crippen molar-refractivity contribution in [2.24, 2.45) is 0 Å². The first-order valence-corrected chi connectivity index (χ1v) is 6.42. The molecule has 0 saturated carbocycles. The zero-order valence-corrected chi connectivity index (χ0v) is 11.2. The zero-order valence-electron chi connectivity index (χ0n) is 11.2. The third-order valence-corrected chi connectivity index (χ3v) is 3.10. The predicted molar refractivity (Wildman–Crippen MR) is 81.8 cm³/mol. The van der Waals surface area contributed by atoms with Gasteiger partial charge < -0.3 is 5.73 Å². The molecule has 5 heteroatoms. The van der Waals surface area contributed by atoms with E-state index in [4.69, 9.17) is 11.0 Å². The third-order valence-electron chi connectivity index (χ3n) is 3.10. The number of hydrogen-bond acceptors (Lipinski definition) is 4. The van der Waals surface area contributed by atoms with Crippen molar-refractivity contribution in [3.63, 3.8) is 0 Å². The van der Waals surface area contributed by atoms with Crippen molar-refractivity contribution in [1.29, 1.82) is 5.26 Å². The molecule has 3 aromatic rings. The number of hydrogen-bond donors (Lipinski definition) is 1. The average Bonchev–Trinajstić information content (AvgIpc) is 3.04. The van der Waals surface area contributed by atoms with Gasteiger partial charge in [0.25, 0.3) is 0 Å². The first-order chi connectivity index (χ1) is 10.3. The first kappa shape index (κ1) is 12.8. The minimum absolute atomic E-state index is 0.627. The van der Waals surface area contributed by atoms with Gasteiger partial charge in [-0.05, 0) is 48.5 Å². The van der Waals surface area contributed by atoms with E-state index < -0.39 is 0 Å². The van der Waals surface area contributed by atoms with Crippen LogP contribution in [0.15, 0.2) is 67.3 Å². The summed E-state index contributed by atoms with van der Waals surface area (Å²) in [6.07, 6.45) is 5.29. The Morgan fingerprint density at radius 3 is 2.14 bits per heavy atom. The van der Waals surface area contributed by atoms with Crippen LogP contribution in [0.25, 0.3) is 0 Å². The summed E-state index contributed by atoms with van der Waals surface area (Å²) in [6, 6.07) is 17.1. The molecule has 0 saturated heterocycles. The lowest BCUT2D eigenvalue weighted by atomic mass is 10.2. The van der Waals surface area contributed by atoms with Gasteiger partial charge in [0.15, 0.2) is 0 Å². The van der Waals surface area contributed by atoms with Crippen molar-refractivity contribution in [2.45, 2.75) is 0 Å². The molecule has 0 spiro atoms. The van der Waals surface area contributed by atoms with E-state index in [9.17, 15) is 0 Å². The summed E-state index contributed by atoms with van der Waals surface area (Å²) >= 11 is 0. The molecule has 5 nitrogen and oxygen atoms in total. The maximum Gasteiger partial charge on any atom is 0.115 e. The molecule has 0 aliphatic heterocycles. The van der Waals surface area contributed by atoms with Crippen molar-refractivity contribution in [3.8, 4) is 6.07 Å². The van der Waals surface area contributed by atoms with Gasteiger partial charge in [0, 0.05) is 18.1 Å². The monoisotopic (exact) mass is 275 g/mol. The Morgan fingerprint density at radius 2 is 1.62 bits per heavy atom. The van der Waals surface area contributed by atoms with Gasteiger partial charge in [-0.25, -0.2) is 14.7 Å². The lowest BCUT2D eigenvalue weighted by Crippen LogP contribution is -2.22. The summed E-state index contributed by atoms with van der Waals surface area (Å²) in [4.78, 5) is 4.09. The second-order valence-corrected chi connectivity index (χ2v) is 4.50. The SMILES string of the molecule is N#Cc1ccc(N(c2ccc(N)cc2)n2ccnc2)cc1. The number of nitrogen functional groups attached to an aromatic ring is 1. The van der Waals surface area contributed by atoms with Gasteiger partial charge in [-0.3, -0.25) is 0 Å². The number of rotatable bonds is 3. The van der Waals surface area contributed by atoms with Crippen molar-refractivity contribution < 1.29 is 0 Å². The van der Waals surface area contributed by atoms with Gasteiger partial charge in [-0.2, -0.15) is 5.26 Å². The van der Waals surface area contributed by atoms with Gasteiger partial charge in [-0.15, -0.1) is 0 Å². The normalized spacial score (nSPS) is 10.0. The molecule has 2 N–H and O–H groups in total. The maximum atomic E-state index is 8.91. The van der Waals surface area contributed by atoms with Crippen LogP contribution in [0.1, 0.15) is 5.56 Å². The summed E-state index contributed by atoms with van der Waals surface area (Å²) in [6.45, 7) is 0. The molecule has 0 radical (unpaired) electrons. The predicted octanol–water partition coefficient (Wildman–Crippen LogP) is 2.94. The van der Waals surface area contributed by atoms with E-state index in [1.165, 1.54) is 0 Å². The smallest absolute Gasteiger partial charge is 0.115 e. The fraction of sp³-hybridized carbons (Fsp3) is 0. The van der Waals surface area contributed by atoms with Gasteiger partial charge >= 0.3 is 0 Å². The van der Waals surface area contributed by atoms with E-state index in [0.29, 0.717) is 11.3 Å². The average molecular weight is 275 g/mol. The Bertz CT molecular complexity index is 752. The van der Waals surface area contributed by atoms with Crippen molar-refractivity contribution in [1.82, 2.24) is 9.66 Å². The van der Waals surface area contributed by atoms with Crippen LogP contribution in [-0.4, -0.2) is 9.66 Å². The molecule has 0 bridgehead atoms. The van der Waals surface area contributed by atoms with E-state index in [-0.39, 0.29) is 0 Å². The standard InChI is InChI=1S/C16H13N5/c17-11-13-1-5-15(6-2-13)21(20-10-9-19-12-20)16-7-3-14(18)4-8-16/h1-10,12H,18H2. The minimum Gasteiger partial charge on any atom is -0.399 e. The van der Waals surface area contributed by atoms with Crippen LogP contribution in [0, 0.1) is 11.3 Å². The summed E-state index contributed by atoms with van der Waals surface area (Å²) in [5.41, 5.74) is 8.97. The molecule has 1 aromatic heterocycles. The highest BCUT2D eigenvalue weighted by atomic mass is 15.6. The Morgan fingerprint density at radius 1 is 1.00 bits per heavy atom. The Labute approximate surface area is 122 Å². The van der Waals surface area contributed by atoms with E-state index >= 15 is 0 Å².